The lowest BCUT2D eigenvalue weighted by Gasteiger charge is -2.14. The predicted octanol–water partition coefficient (Wildman–Crippen LogP) is 2.66. The SMILES string of the molecule is O=C(O)CCC/C=C\C[C@@H]1C(C#C[C@H](O)COc2cccc(Cl)c2)OC[C@@H]1O. The van der Waals surface area contributed by atoms with E-state index in [4.69, 9.17) is 26.2 Å². The van der Waals surface area contributed by atoms with Crippen molar-refractivity contribution in [2.75, 3.05) is 13.2 Å². The lowest BCUT2D eigenvalue weighted by Crippen LogP contribution is -2.23. The Morgan fingerprint density at radius 3 is 3.00 bits per heavy atom. The quantitative estimate of drug-likeness (QED) is 0.330. The fourth-order valence-electron chi connectivity index (χ4n) is 2.77. The fourth-order valence-corrected chi connectivity index (χ4v) is 2.96. The normalized spacial score (nSPS) is 22.6. The molecule has 4 atom stereocenters. The Hall–Kier alpha value is -2.04. The molecule has 2 rings (SSSR count). The second kappa shape index (κ2) is 11.7. The first-order chi connectivity index (χ1) is 13.5. The van der Waals surface area contributed by atoms with Crippen LogP contribution in [0.2, 0.25) is 5.02 Å². The van der Waals surface area contributed by atoms with Gasteiger partial charge in [0.05, 0.1) is 12.7 Å². The van der Waals surface area contributed by atoms with Gasteiger partial charge in [-0.05, 0) is 37.5 Å². The first-order valence-electron chi connectivity index (χ1n) is 9.19. The van der Waals surface area contributed by atoms with Crippen LogP contribution in [0.5, 0.6) is 5.75 Å². The Labute approximate surface area is 169 Å². The summed E-state index contributed by atoms with van der Waals surface area (Å²) in [7, 11) is 0. The standard InChI is InChI=1S/C21H25ClO6/c22-15-6-5-7-17(12-15)27-13-16(23)10-11-20-18(19(24)14-28-20)8-3-1-2-4-9-21(25)26/h1,3,5-7,12,16,18-20,23-24H,2,4,8-9,13-14H2,(H,25,26)/b3-1-/t16-,18-,19-,20?/m0/s1. The Bertz CT molecular complexity index is 723. The van der Waals surface area contributed by atoms with Crippen molar-refractivity contribution in [1.29, 1.82) is 0 Å². The first kappa shape index (κ1) is 22.3. The molecule has 0 aliphatic carbocycles. The number of benzene rings is 1. The molecule has 28 heavy (non-hydrogen) atoms. The first-order valence-corrected chi connectivity index (χ1v) is 9.57. The van der Waals surface area contributed by atoms with Gasteiger partial charge in [-0.2, -0.15) is 0 Å². The summed E-state index contributed by atoms with van der Waals surface area (Å²) in [5, 5.41) is 29.2. The maximum Gasteiger partial charge on any atom is 0.303 e. The van der Waals surface area contributed by atoms with Gasteiger partial charge in [0.25, 0.3) is 0 Å². The molecule has 1 fully saturated rings. The number of allylic oxidation sites excluding steroid dienone is 2. The van der Waals surface area contributed by atoms with Gasteiger partial charge in [-0.25, -0.2) is 0 Å². The number of unbranched alkanes of at least 4 members (excludes halogenated alkanes) is 1. The number of aliphatic hydroxyl groups excluding tert-OH is 2. The molecule has 0 radical (unpaired) electrons. The third-order valence-corrected chi connectivity index (χ3v) is 4.50. The summed E-state index contributed by atoms with van der Waals surface area (Å²) in [6.07, 6.45) is 3.70. The van der Waals surface area contributed by atoms with Crippen LogP contribution in [0.3, 0.4) is 0 Å². The largest absolute Gasteiger partial charge is 0.490 e. The minimum Gasteiger partial charge on any atom is -0.490 e. The zero-order valence-corrected chi connectivity index (χ0v) is 16.2. The molecule has 3 N–H and O–H groups in total. The van der Waals surface area contributed by atoms with E-state index in [2.05, 4.69) is 11.8 Å². The Morgan fingerprint density at radius 1 is 1.43 bits per heavy atom. The maximum absolute atomic E-state index is 10.5. The number of hydrogen-bond acceptors (Lipinski definition) is 5. The molecule has 0 aromatic heterocycles. The molecule has 0 bridgehead atoms. The number of ether oxygens (including phenoxy) is 2. The summed E-state index contributed by atoms with van der Waals surface area (Å²) in [6, 6.07) is 6.87. The van der Waals surface area contributed by atoms with Gasteiger partial charge in [0.15, 0.2) is 0 Å². The molecule has 1 aliphatic rings. The van der Waals surface area contributed by atoms with Gasteiger partial charge in [-0.3, -0.25) is 4.79 Å². The number of hydrogen-bond donors (Lipinski definition) is 3. The Kier molecular flexibility index (Phi) is 9.32. The van der Waals surface area contributed by atoms with Crippen molar-refractivity contribution in [3.05, 3.63) is 41.4 Å². The van der Waals surface area contributed by atoms with E-state index < -0.39 is 24.3 Å². The molecule has 0 saturated carbocycles. The highest BCUT2D eigenvalue weighted by Gasteiger charge is 2.34. The lowest BCUT2D eigenvalue weighted by molar-refractivity contribution is -0.137. The maximum atomic E-state index is 10.5. The molecule has 1 aromatic rings. The number of aliphatic hydroxyl groups is 2. The number of aliphatic carboxylic acids is 1. The van der Waals surface area contributed by atoms with Crippen molar-refractivity contribution >= 4 is 17.6 Å². The van der Waals surface area contributed by atoms with Gasteiger partial charge >= 0.3 is 5.97 Å². The van der Waals surface area contributed by atoms with Crippen LogP contribution in [-0.2, 0) is 9.53 Å². The molecule has 0 spiro atoms. The van der Waals surface area contributed by atoms with Crippen LogP contribution in [0.4, 0.5) is 0 Å². The van der Waals surface area contributed by atoms with Gasteiger partial charge in [-0.1, -0.05) is 41.7 Å². The average Bonchev–Trinajstić information content (AvgIpc) is 3.01. The van der Waals surface area contributed by atoms with E-state index >= 15 is 0 Å². The molecule has 1 aliphatic heterocycles. The van der Waals surface area contributed by atoms with Crippen LogP contribution in [0, 0.1) is 17.8 Å². The zero-order chi connectivity index (χ0) is 20.4. The second-order valence-electron chi connectivity index (χ2n) is 6.55. The molecule has 0 amide bonds. The van der Waals surface area contributed by atoms with Gasteiger partial charge in [0.2, 0.25) is 0 Å². The summed E-state index contributed by atoms with van der Waals surface area (Å²) < 4.78 is 11.0. The van der Waals surface area contributed by atoms with Crippen LogP contribution in [-0.4, -0.2) is 52.8 Å². The van der Waals surface area contributed by atoms with Gasteiger partial charge in [-0.15, -0.1) is 0 Å². The summed E-state index contributed by atoms with van der Waals surface area (Å²) in [5.74, 6) is 5.13. The Morgan fingerprint density at radius 2 is 2.25 bits per heavy atom. The van der Waals surface area contributed by atoms with Crippen LogP contribution < -0.4 is 4.74 Å². The van der Waals surface area contributed by atoms with E-state index in [9.17, 15) is 15.0 Å². The monoisotopic (exact) mass is 408 g/mol. The van der Waals surface area contributed by atoms with Gasteiger partial charge in [0, 0.05) is 17.4 Å². The number of carboxylic acids is 1. The number of carboxylic acid groups (broad SMARTS) is 1. The van der Waals surface area contributed by atoms with Crippen molar-refractivity contribution in [2.24, 2.45) is 5.92 Å². The van der Waals surface area contributed by atoms with E-state index in [0.29, 0.717) is 30.0 Å². The van der Waals surface area contributed by atoms with E-state index in [0.717, 1.165) is 0 Å². The van der Waals surface area contributed by atoms with Crippen molar-refractivity contribution in [1.82, 2.24) is 0 Å². The minimum absolute atomic E-state index is 0.00321. The molecule has 1 aromatic carbocycles. The van der Waals surface area contributed by atoms with Gasteiger partial charge in [0.1, 0.15) is 24.6 Å². The highest BCUT2D eigenvalue weighted by molar-refractivity contribution is 6.30. The molecular weight excluding hydrogens is 384 g/mol. The summed E-state index contributed by atoms with van der Waals surface area (Å²) in [6.45, 7) is 0.197. The van der Waals surface area contributed by atoms with Crippen LogP contribution >= 0.6 is 11.6 Å². The molecule has 1 unspecified atom stereocenters. The van der Waals surface area contributed by atoms with Crippen LogP contribution in [0.25, 0.3) is 0 Å². The van der Waals surface area contributed by atoms with E-state index in [1.165, 1.54) is 0 Å². The van der Waals surface area contributed by atoms with Crippen molar-refractivity contribution in [3.8, 4) is 17.6 Å². The zero-order valence-electron chi connectivity index (χ0n) is 15.5. The molecule has 1 saturated heterocycles. The van der Waals surface area contributed by atoms with Crippen molar-refractivity contribution < 1.29 is 29.6 Å². The van der Waals surface area contributed by atoms with E-state index in [1.807, 2.05) is 12.2 Å². The van der Waals surface area contributed by atoms with Crippen molar-refractivity contribution in [2.45, 2.75) is 44.0 Å². The second-order valence-corrected chi connectivity index (χ2v) is 6.99. The Balaban J connectivity index is 1.79. The molecular formula is C21H25ClO6. The van der Waals surface area contributed by atoms with Gasteiger partial charge < -0.3 is 24.8 Å². The van der Waals surface area contributed by atoms with Crippen LogP contribution in [0.15, 0.2) is 36.4 Å². The third kappa shape index (κ3) is 7.91. The van der Waals surface area contributed by atoms with E-state index in [-0.39, 0.29) is 25.6 Å². The number of halogens is 1. The average molecular weight is 409 g/mol. The number of carbonyl (C=O) groups is 1. The van der Waals surface area contributed by atoms with E-state index in [1.54, 1.807) is 24.3 Å². The van der Waals surface area contributed by atoms with Crippen LogP contribution in [0.1, 0.15) is 25.7 Å². The van der Waals surface area contributed by atoms with Crippen molar-refractivity contribution in [3.63, 3.8) is 0 Å². The lowest BCUT2D eigenvalue weighted by atomic mass is 9.95. The number of rotatable bonds is 9. The smallest absolute Gasteiger partial charge is 0.303 e. The highest BCUT2D eigenvalue weighted by Crippen LogP contribution is 2.25. The molecule has 1 heterocycles. The fraction of sp³-hybridized carbons (Fsp3) is 0.476. The summed E-state index contributed by atoms with van der Waals surface area (Å²) in [4.78, 5) is 10.5. The predicted molar refractivity (Wildman–Crippen MR) is 105 cm³/mol. The molecule has 7 heteroatoms. The minimum atomic E-state index is -0.993. The molecule has 152 valence electrons. The third-order valence-electron chi connectivity index (χ3n) is 4.26. The summed E-state index contributed by atoms with van der Waals surface area (Å²) >= 11 is 5.88. The topological polar surface area (TPSA) is 96.2 Å². The highest BCUT2D eigenvalue weighted by atomic mass is 35.5. The summed E-state index contributed by atoms with van der Waals surface area (Å²) in [5.41, 5.74) is 0. The molecule has 6 nitrogen and oxygen atoms in total.